The van der Waals surface area contributed by atoms with Gasteiger partial charge in [0.2, 0.25) is 5.91 Å². The summed E-state index contributed by atoms with van der Waals surface area (Å²) in [5.74, 6) is 0.0244. The maximum absolute atomic E-state index is 13.7. The van der Waals surface area contributed by atoms with E-state index in [2.05, 4.69) is 5.32 Å². The first-order chi connectivity index (χ1) is 17.7. The Balaban J connectivity index is 1.94. The number of nitrogens with zero attached hydrogens (tertiary/aromatic N) is 1. The summed E-state index contributed by atoms with van der Waals surface area (Å²) in [7, 11) is 0. The molecule has 0 aliphatic heterocycles. The van der Waals surface area contributed by atoms with Crippen molar-refractivity contribution in [3.05, 3.63) is 99.0 Å². The van der Waals surface area contributed by atoms with Crippen molar-refractivity contribution in [3.63, 3.8) is 0 Å². The van der Waals surface area contributed by atoms with Crippen molar-refractivity contribution in [1.82, 2.24) is 10.2 Å². The van der Waals surface area contributed by atoms with Crippen molar-refractivity contribution in [2.75, 3.05) is 6.61 Å². The first-order valence-corrected chi connectivity index (χ1v) is 13.2. The van der Waals surface area contributed by atoms with Crippen molar-refractivity contribution >= 4 is 35.0 Å². The van der Waals surface area contributed by atoms with Crippen LogP contribution in [0, 0.1) is 13.8 Å². The lowest BCUT2D eigenvalue weighted by atomic mass is 10.0. The highest BCUT2D eigenvalue weighted by molar-refractivity contribution is 6.32. The van der Waals surface area contributed by atoms with E-state index in [-0.39, 0.29) is 31.0 Å². The van der Waals surface area contributed by atoms with Crippen molar-refractivity contribution in [1.29, 1.82) is 0 Å². The maximum Gasteiger partial charge on any atom is 0.261 e. The molecule has 0 aliphatic rings. The van der Waals surface area contributed by atoms with Crippen LogP contribution in [0.25, 0.3) is 0 Å². The van der Waals surface area contributed by atoms with Crippen LogP contribution < -0.4 is 10.1 Å². The fourth-order valence-corrected chi connectivity index (χ4v) is 4.33. The Morgan fingerprint density at radius 3 is 2.22 bits per heavy atom. The molecule has 0 heterocycles. The van der Waals surface area contributed by atoms with E-state index in [4.69, 9.17) is 27.9 Å². The maximum atomic E-state index is 13.7. The fraction of sp³-hybridized carbons (Fsp3) is 0.333. The number of carbonyl (C=O) groups is 2. The molecular weight excluding hydrogens is 507 g/mol. The van der Waals surface area contributed by atoms with Crippen molar-refractivity contribution in [2.45, 2.75) is 59.2 Å². The third-order valence-electron chi connectivity index (χ3n) is 6.34. The highest BCUT2D eigenvalue weighted by Gasteiger charge is 2.31. The Hall–Kier alpha value is -3.02. The van der Waals surface area contributed by atoms with Gasteiger partial charge in [-0.25, -0.2) is 0 Å². The number of hydrogen-bond acceptors (Lipinski definition) is 3. The molecular formula is C30H34Cl2N2O3. The zero-order valence-electron chi connectivity index (χ0n) is 21.8. The Kier molecular flexibility index (Phi) is 10.4. The molecule has 0 aliphatic carbocycles. The van der Waals surface area contributed by atoms with E-state index in [1.807, 2.05) is 76.2 Å². The number of ether oxygens (including phenoxy) is 1. The number of carbonyl (C=O) groups excluding carboxylic acids is 2. The SMILES string of the molecule is CC[C@H](C)NC(=O)[C@@H](Cc1ccccc1)N(Cc1ccccc1Cl)C(=O)COc1cc(C)c(Cl)c(C)c1. The van der Waals surface area contributed by atoms with Gasteiger partial charge in [0.1, 0.15) is 11.8 Å². The molecule has 3 aromatic carbocycles. The molecule has 3 aromatic rings. The third kappa shape index (κ3) is 7.98. The van der Waals surface area contributed by atoms with Crippen LogP contribution in [0.2, 0.25) is 10.0 Å². The number of aryl methyl sites for hydroxylation is 2. The first-order valence-electron chi connectivity index (χ1n) is 12.5. The molecule has 0 saturated carbocycles. The Bertz CT molecular complexity index is 1190. The standard InChI is InChI=1S/C30H34Cl2N2O3/c1-5-22(4)33-30(36)27(17-23-11-7-6-8-12-23)34(18-24-13-9-10-14-26(24)31)28(35)19-37-25-15-20(2)29(32)21(3)16-25/h6-16,22,27H,5,17-19H2,1-4H3,(H,33,36)/t22-,27+/m0/s1. The van der Waals surface area contributed by atoms with E-state index >= 15 is 0 Å². The average Bonchev–Trinajstić information content (AvgIpc) is 2.89. The Morgan fingerprint density at radius 1 is 0.973 bits per heavy atom. The molecule has 196 valence electrons. The molecule has 37 heavy (non-hydrogen) atoms. The number of rotatable bonds is 11. The predicted octanol–water partition coefficient (Wildman–Crippen LogP) is 6.54. The lowest BCUT2D eigenvalue weighted by molar-refractivity contribution is -0.143. The molecule has 0 bridgehead atoms. The molecule has 0 fully saturated rings. The largest absolute Gasteiger partial charge is 0.484 e. The van der Waals surface area contributed by atoms with Gasteiger partial charge in [-0.2, -0.15) is 0 Å². The van der Waals surface area contributed by atoms with E-state index in [1.54, 1.807) is 23.1 Å². The van der Waals surface area contributed by atoms with Crippen molar-refractivity contribution < 1.29 is 14.3 Å². The minimum atomic E-state index is -0.752. The monoisotopic (exact) mass is 540 g/mol. The minimum Gasteiger partial charge on any atom is -0.484 e. The van der Waals surface area contributed by atoms with Crippen molar-refractivity contribution in [3.8, 4) is 5.75 Å². The number of nitrogens with one attached hydrogen (secondary N) is 1. The first kappa shape index (κ1) is 28.5. The summed E-state index contributed by atoms with van der Waals surface area (Å²) in [6.45, 7) is 7.68. The van der Waals surface area contributed by atoms with E-state index in [9.17, 15) is 9.59 Å². The van der Waals surface area contributed by atoms with Gasteiger partial charge in [-0.15, -0.1) is 0 Å². The van der Waals surface area contributed by atoms with Gasteiger partial charge in [-0.05, 0) is 67.6 Å². The molecule has 0 radical (unpaired) electrons. The van der Waals surface area contributed by atoms with Gasteiger partial charge in [-0.3, -0.25) is 9.59 Å². The molecule has 0 aromatic heterocycles. The summed E-state index contributed by atoms with van der Waals surface area (Å²) in [6.07, 6.45) is 1.14. The summed E-state index contributed by atoms with van der Waals surface area (Å²) >= 11 is 12.8. The van der Waals surface area contributed by atoms with Crippen LogP contribution in [0.5, 0.6) is 5.75 Å². The molecule has 3 rings (SSSR count). The predicted molar refractivity (Wildman–Crippen MR) is 150 cm³/mol. The molecule has 0 unspecified atom stereocenters. The van der Waals surface area contributed by atoms with E-state index in [1.165, 1.54) is 0 Å². The number of hydrogen-bond donors (Lipinski definition) is 1. The lowest BCUT2D eigenvalue weighted by Crippen LogP contribution is -2.53. The van der Waals surface area contributed by atoms with Gasteiger partial charge in [-0.1, -0.05) is 78.7 Å². The summed E-state index contributed by atoms with van der Waals surface area (Å²) in [5.41, 5.74) is 3.44. The van der Waals surface area contributed by atoms with Crippen LogP contribution in [0.3, 0.4) is 0 Å². The van der Waals surface area contributed by atoms with Gasteiger partial charge in [0.25, 0.3) is 5.91 Å². The lowest BCUT2D eigenvalue weighted by Gasteiger charge is -2.32. The van der Waals surface area contributed by atoms with E-state index < -0.39 is 6.04 Å². The second-order valence-electron chi connectivity index (χ2n) is 9.30. The molecule has 7 heteroatoms. The van der Waals surface area contributed by atoms with Gasteiger partial charge in [0, 0.05) is 29.1 Å². The minimum absolute atomic E-state index is 0.0284. The van der Waals surface area contributed by atoms with Crippen LogP contribution in [0.1, 0.15) is 42.5 Å². The average molecular weight is 542 g/mol. The smallest absolute Gasteiger partial charge is 0.261 e. The summed E-state index contributed by atoms with van der Waals surface area (Å²) < 4.78 is 5.90. The van der Waals surface area contributed by atoms with Crippen LogP contribution in [0.4, 0.5) is 0 Å². The van der Waals surface area contributed by atoms with Gasteiger partial charge >= 0.3 is 0 Å². The van der Waals surface area contributed by atoms with E-state index in [0.29, 0.717) is 22.2 Å². The highest BCUT2D eigenvalue weighted by atomic mass is 35.5. The number of amides is 2. The molecule has 5 nitrogen and oxygen atoms in total. The van der Waals surface area contributed by atoms with Crippen molar-refractivity contribution in [2.24, 2.45) is 0 Å². The van der Waals surface area contributed by atoms with Gasteiger partial charge in [0.15, 0.2) is 6.61 Å². The molecule has 0 saturated heterocycles. The van der Waals surface area contributed by atoms with Crippen LogP contribution in [-0.2, 0) is 22.6 Å². The fourth-order valence-electron chi connectivity index (χ4n) is 4.02. The molecule has 2 atom stereocenters. The molecule has 1 N–H and O–H groups in total. The van der Waals surface area contributed by atoms with Crippen LogP contribution in [-0.4, -0.2) is 35.4 Å². The highest BCUT2D eigenvalue weighted by Crippen LogP contribution is 2.26. The topological polar surface area (TPSA) is 58.6 Å². The third-order valence-corrected chi connectivity index (χ3v) is 7.31. The Morgan fingerprint density at radius 2 is 1.59 bits per heavy atom. The van der Waals surface area contributed by atoms with E-state index in [0.717, 1.165) is 28.7 Å². The second kappa shape index (κ2) is 13.5. The molecule has 2 amide bonds. The quantitative estimate of drug-likeness (QED) is 0.300. The second-order valence-corrected chi connectivity index (χ2v) is 10.1. The number of benzene rings is 3. The van der Waals surface area contributed by atoms with Gasteiger partial charge in [0.05, 0.1) is 0 Å². The summed E-state index contributed by atoms with van der Waals surface area (Å²) in [6, 6.07) is 19.9. The zero-order chi connectivity index (χ0) is 26.9. The summed E-state index contributed by atoms with van der Waals surface area (Å²) in [5, 5.41) is 4.26. The van der Waals surface area contributed by atoms with Gasteiger partial charge < -0.3 is 15.0 Å². The molecule has 0 spiro atoms. The normalized spacial score (nSPS) is 12.5. The van der Waals surface area contributed by atoms with Crippen LogP contribution in [0.15, 0.2) is 66.7 Å². The zero-order valence-corrected chi connectivity index (χ0v) is 23.3. The number of halogens is 2. The summed E-state index contributed by atoms with van der Waals surface area (Å²) in [4.78, 5) is 28.8. The van der Waals surface area contributed by atoms with Crippen LogP contribution >= 0.6 is 23.2 Å². The Labute approximate surface area is 229 Å².